The number of rotatable bonds is 20. The lowest BCUT2D eigenvalue weighted by molar-refractivity contribution is -0.135. The Morgan fingerprint density at radius 3 is 1.11 bits per heavy atom. The van der Waals surface area contributed by atoms with Crippen molar-refractivity contribution >= 4 is 57.3 Å². The zero-order chi connectivity index (χ0) is 35.5. The van der Waals surface area contributed by atoms with Crippen molar-refractivity contribution in [3.05, 3.63) is 59.7 Å². The van der Waals surface area contributed by atoms with Gasteiger partial charge in [-0.15, -0.1) is 0 Å². The second-order valence-electron chi connectivity index (χ2n) is 13.4. The molecule has 0 aliphatic heterocycles. The van der Waals surface area contributed by atoms with Gasteiger partial charge in [-0.05, 0) is 126 Å². The van der Waals surface area contributed by atoms with Crippen LogP contribution in [0.5, 0.6) is 11.5 Å². The second-order valence-corrected chi connectivity index (χ2v) is 29.8. The third kappa shape index (κ3) is 14.4. The van der Waals surface area contributed by atoms with E-state index in [4.69, 9.17) is 21.8 Å². The van der Waals surface area contributed by atoms with Crippen molar-refractivity contribution in [2.75, 3.05) is 27.4 Å². The van der Waals surface area contributed by atoms with E-state index in [-0.39, 0.29) is 11.1 Å². The van der Waals surface area contributed by atoms with Gasteiger partial charge in [-0.25, -0.2) is 9.59 Å². The fourth-order valence-corrected chi connectivity index (χ4v) is 23.3. The highest BCUT2D eigenvalue weighted by atomic mass is 28.5. The monoisotopic (exact) mass is 722 g/mol. The van der Waals surface area contributed by atoms with Gasteiger partial charge in [-0.1, -0.05) is 0 Å². The molecule has 0 bridgehead atoms. The van der Waals surface area contributed by atoms with Crippen molar-refractivity contribution in [1.29, 1.82) is 0 Å². The smallest absolute Gasteiger partial charge is 0.379 e. The highest BCUT2D eigenvalue weighted by molar-refractivity contribution is 6.89. The van der Waals surface area contributed by atoms with Crippen LogP contribution in [0.2, 0.25) is 64.5 Å². The SMILES string of the molecule is COC(=O)C(=O)c1ccc(OCCC[Si](C)(O[Si](C)(C)C)O[Si](C)(CCCOc2ccc(C(=O)C(=O)OC)cc2)O[Si](C)(C)C)cc1. The quantitative estimate of drug-likeness (QED) is 0.0488. The third-order valence-electron chi connectivity index (χ3n) is 6.54. The Labute approximate surface area is 282 Å². The van der Waals surface area contributed by atoms with Crippen LogP contribution in [0, 0.1) is 0 Å². The van der Waals surface area contributed by atoms with E-state index in [1.165, 1.54) is 14.2 Å². The Kier molecular flexibility index (Phi) is 15.0. The Balaban J connectivity index is 2.05. The van der Waals surface area contributed by atoms with E-state index in [1.807, 2.05) is 0 Å². The Bertz CT molecular complexity index is 1250. The number of esters is 2. The first-order valence-electron chi connectivity index (χ1n) is 15.6. The van der Waals surface area contributed by atoms with Gasteiger partial charge in [0.2, 0.25) is 0 Å². The van der Waals surface area contributed by atoms with Gasteiger partial charge in [0.05, 0.1) is 27.4 Å². The highest BCUT2D eigenvalue weighted by Crippen LogP contribution is 2.31. The predicted molar refractivity (Wildman–Crippen MR) is 189 cm³/mol. The second kappa shape index (κ2) is 17.5. The van der Waals surface area contributed by atoms with Crippen LogP contribution in [0.3, 0.4) is 0 Å². The molecule has 260 valence electrons. The third-order valence-corrected chi connectivity index (χ3v) is 20.9. The molecule has 47 heavy (non-hydrogen) atoms. The van der Waals surface area contributed by atoms with Crippen LogP contribution < -0.4 is 9.47 Å². The van der Waals surface area contributed by atoms with Gasteiger partial charge < -0.3 is 31.3 Å². The van der Waals surface area contributed by atoms with Gasteiger partial charge in [0.15, 0.2) is 16.6 Å². The van der Waals surface area contributed by atoms with Crippen molar-refractivity contribution in [1.82, 2.24) is 0 Å². The van der Waals surface area contributed by atoms with Crippen molar-refractivity contribution in [2.24, 2.45) is 0 Å². The average molecular weight is 723 g/mol. The summed E-state index contributed by atoms with van der Waals surface area (Å²) in [6, 6.07) is 14.2. The molecule has 15 heteroatoms. The van der Waals surface area contributed by atoms with Gasteiger partial charge in [-0.2, -0.15) is 0 Å². The molecule has 0 heterocycles. The lowest BCUT2D eigenvalue weighted by atomic mass is 10.1. The summed E-state index contributed by atoms with van der Waals surface area (Å²) in [6.07, 6.45) is 1.40. The van der Waals surface area contributed by atoms with E-state index < -0.39 is 57.3 Å². The summed E-state index contributed by atoms with van der Waals surface area (Å²) >= 11 is 0. The van der Waals surface area contributed by atoms with Crippen molar-refractivity contribution in [2.45, 2.75) is 77.3 Å². The summed E-state index contributed by atoms with van der Waals surface area (Å²) in [5, 5.41) is 0. The fraction of sp³-hybridized carbons (Fsp3) is 0.500. The minimum atomic E-state index is -2.72. The normalized spacial score (nSPS) is 14.3. The summed E-state index contributed by atoms with van der Waals surface area (Å²) in [7, 11) is -7.06. The lowest BCUT2D eigenvalue weighted by Crippen LogP contribution is -2.58. The van der Waals surface area contributed by atoms with Crippen molar-refractivity contribution in [3.63, 3.8) is 0 Å². The van der Waals surface area contributed by atoms with Crippen molar-refractivity contribution < 1.29 is 50.5 Å². The molecule has 11 nitrogen and oxygen atoms in total. The number of hydrogen-bond acceptors (Lipinski definition) is 11. The fourth-order valence-electron chi connectivity index (χ4n) is 4.99. The number of Topliss-reactive ketones (excluding diaryl/α,β-unsaturated/α-hetero) is 2. The molecule has 0 aromatic heterocycles. The maximum absolute atomic E-state index is 12.0. The first-order chi connectivity index (χ1) is 21.8. The standard InChI is InChI=1S/C32H50O11Si4/c1-37-31(35)29(33)25-13-17-27(18-14-25)39-21-11-23-46(9,41-44(3,4)5)43-47(10,42-45(6,7)8)24-12-22-40-28-19-15-26(16-20-28)30(34)32(36)38-2/h13-20H,11-12,21-24H2,1-10H3. The van der Waals surface area contributed by atoms with Crippen LogP contribution in [-0.4, -0.2) is 84.7 Å². The lowest BCUT2D eigenvalue weighted by Gasteiger charge is -2.43. The Morgan fingerprint density at radius 1 is 0.511 bits per heavy atom. The molecule has 0 amide bonds. The molecule has 0 N–H and O–H groups in total. The molecule has 0 saturated heterocycles. The van der Waals surface area contributed by atoms with E-state index >= 15 is 0 Å². The Morgan fingerprint density at radius 2 is 0.830 bits per heavy atom. The number of hydrogen-bond donors (Lipinski definition) is 0. The van der Waals surface area contributed by atoms with Gasteiger partial charge in [0.25, 0.3) is 11.6 Å². The molecule has 0 aliphatic carbocycles. The predicted octanol–water partition coefficient (Wildman–Crippen LogP) is 6.50. The summed E-state index contributed by atoms with van der Waals surface area (Å²) in [5.74, 6) is -2.04. The molecule has 2 rings (SSSR count). The number of ether oxygens (including phenoxy) is 4. The van der Waals surface area contributed by atoms with E-state index in [0.717, 1.165) is 0 Å². The van der Waals surface area contributed by atoms with E-state index in [2.05, 4.69) is 61.8 Å². The molecule has 0 saturated carbocycles. The van der Waals surface area contributed by atoms with Gasteiger partial charge >= 0.3 is 29.1 Å². The topological polar surface area (TPSA) is 133 Å². The number of methoxy groups -OCH3 is 2. The molecule has 0 radical (unpaired) electrons. The molecule has 0 spiro atoms. The zero-order valence-electron chi connectivity index (χ0n) is 29.4. The largest absolute Gasteiger partial charge is 0.494 e. The summed E-state index contributed by atoms with van der Waals surface area (Å²) in [6.45, 7) is 18.0. The summed E-state index contributed by atoms with van der Waals surface area (Å²) < 4.78 is 41.5. The maximum atomic E-state index is 12.0. The average Bonchev–Trinajstić information content (AvgIpc) is 2.98. The van der Waals surface area contributed by atoms with Crippen LogP contribution >= 0.6 is 0 Å². The maximum Gasteiger partial charge on any atom is 0.379 e. The Hall–Kier alpha value is -2.93. The molecule has 2 aromatic rings. The van der Waals surface area contributed by atoms with Crippen molar-refractivity contribution in [3.8, 4) is 11.5 Å². The molecule has 0 aliphatic rings. The molecule has 2 atom stereocenters. The first kappa shape index (κ1) is 40.2. The number of ketones is 2. The molecular weight excluding hydrogens is 673 g/mol. The van der Waals surface area contributed by atoms with Crippen LogP contribution in [0.4, 0.5) is 0 Å². The van der Waals surface area contributed by atoms with Crippen LogP contribution in [0.15, 0.2) is 48.5 Å². The molecule has 0 fully saturated rings. The molecular formula is C32H50O11Si4. The van der Waals surface area contributed by atoms with Crippen LogP contribution in [-0.2, 0) is 31.4 Å². The van der Waals surface area contributed by atoms with Crippen LogP contribution in [0.1, 0.15) is 33.6 Å². The van der Waals surface area contributed by atoms with Gasteiger partial charge in [-0.3, -0.25) is 9.59 Å². The minimum Gasteiger partial charge on any atom is -0.494 e. The molecule has 2 unspecified atom stereocenters. The highest BCUT2D eigenvalue weighted by Gasteiger charge is 2.46. The van der Waals surface area contributed by atoms with E-state index in [1.54, 1.807) is 48.5 Å². The van der Waals surface area contributed by atoms with E-state index in [9.17, 15) is 19.2 Å². The van der Waals surface area contributed by atoms with E-state index in [0.29, 0.717) is 49.6 Å². The number of carbonyl (C=O) groups is 4. The molecule has 2 aromatic carbocycles. The van der Waals surface area contributed by atoms with Gasteiger partial charge in [0.1, 0.15) is 11.5 Å². The summed E-state index contributed by atoms with van der Waals surface area (Å²) in [4.78, 5) is 47.0. The minimum absolute atomic E-state index is 0.239. The van der Waals surface area contributed by atoms with Crippen LogP contribution in [0.25, 0.3) is 0 Å². The van der Waals surface area contributed by atoms with Gasteiger partial charge in [0, 0.05) is 11.1 Å². The number of benzene rings is 2. The number of carbonyl (C=O) groups excluding carboxylic acids is 4. The zero-order valence-corrected chi connectivity index (χ0v) is 33.4. The summed E-state index contributed by atoms with van der Waals surface area (Å²) in [5.41, 5.74) is 0.478. The first-order valence-corrected chi connectivity index (χ1v) is 27.5.